The van der Waals surface area contributed by atoms with Crippen molar-refractivity contribution in [3.8, 4) is 11.5 Å². The van der Waals surface area contributed by atoms with Crippen LogP contribution in [0.25, 0.3) is 0 Å². The molecule has 7 heteroatoms. The molecule has 0 spiro atoms. The van der Waals surface area contributed by atoms with Crippen molar-refractivity contribution in [3.05, 3.63) is 35.4 Å². The largest absolute Gasteiger partial charge is 0.465 e. The highest BCUT2D eigenvalue weighted by Gasteiger charge is 2.42. The molecule has 1 aromatic rings. The quantitative estimate of drug-likeness (QED) is 0.370. The van der Waals surface area contributed by atoms with Crippen molar-refractivity contribution in [3.63, 3.8) is 0 Å². The van der Waals surface area contributed by atoms with Crippen molar-refractivity contribution >= 4 is 28.3 Å². The van der Waals surface area contributed by atoms with E-state index in [2.05, 4.69) is 70.3 Å². The van der Waals surface area contributed by atoms with Crippen LogP contribution < -0.4 is 5.32 Å². The minimum Gasteiger partial charge on any atom is -0.465 e. The lowest BCUT2D eigenvalue weighted by molar-refractivity contribution is 0.0700. The normalized spacial score (nSPS) is 14.4. The van der Waals surface area contributed by atoms with Gasteiger partial charge in [-0.25, -0.2) is 4.79 Å². The monoisotopic (exact) mass is 433 g/mol. The van der Waals surface area contributed by atoms with Crippen LogP contribution in [0.4, 0.5) is 4.79 Å². The lowest BCUT2D eigenvalue weighted by Gasteiger charge is -2.40. The second-order valence-corrected chi connectivity index (χ2v) is 19.5. The molecule has 5 nitrogen and oxygen atoms in total. The van der Waals surface area contributed by atoms with Crippen molar-refractivity contribution in [2.75, 3.05) is 0 Å². The molecule has 0 aliphatic rings. The number of carbonyl (C=O) groups excluding carboxylic acids is 1. The summed E-state index contributed by atoms with van der Waals surface area (Å²) in [6.45, 7) is 18.5. The summed E-state index contributed by atoms with van der Waals surface area (Å²) in [4.78, 5) is 24.5. The van der Waals surface area contributed by atoms with E-state index in [1.807, 2.05) is 6.07 Å². The minimum absolute atomic E-state index is 0.112. The van der Waals surface area contributed by atoms with Gasteiger partial charge in [-0.05, 0) is 37.2 Å². The Bertz CT molecular complexity index is 811. The van der Waals surface area contributed by atoms with Crippen LogP contribution in [0, 0.1) is 11.5 Å². The van der Waals surface area contributed by atoms with Crippen molar-refractivity contribution in [1.29, 1.82) is 0 Å². The van der Waals surface area contributed by atoms with E-state index in [4.69, 9.17) is 9.53 Å². The zero-order valence-corrected chi connectivity index (χ0v) is 21.1. The van der Waals surface area contributed by atoms with Gasteiger partial charge in [-0.1, -0.05) is 58.5 Å². The highest BCUT2D eigenvalue weighted by atomic mass is 28.4. The van der Waals surface area contributed by atoms with Gasteiger partial charge in [0.1, 0.15) is 14.2 Å². The molecule has 0 aliphatic heterocycles. The fraction of sp³-hybridized carbons (Fsp3) is 0.545. The number of Topliss-reactive ketones (excluding diaryl/α,β-unsaturated/α-hetero) is 1. The third kappa shape index (κ3) is 7.80. The molecule has 0 saturated heterocycles. The minimum atomic E-state index is -2.31. The highest BCUT2D eigenvalue weighted by molar-refractivity contribution is 6.83. The van der Waals surface area contributed by atoms with Crippen molar-refractivity contribution in [2.24, 2.45) is 0 Å². The Morgan fingerprint density at radius 3 is 2.21 bits per heavy atom. The number of hydrogen-bond donors (Lipinski definition) is 2. The third-order valence-electron chi connectivity index (χ3n) is 5.02. The second-order valence-electron chi connectivity index (χ2n) is 9.98. The van der Waals surface area contributed by atoms with Gasteiger partial charge < -0.3 is 14.8 Å². The molecule has 0 aliphatic carbocycles. The van der Waals surface area contributed by atoms with Gasteiger partial charge in [0.15, 0.2) is 14.1 Å². The first-order valence-corrected chi connectivity index (χ1v) is 16.3. The van der Waals surface area contributed by atoms with Gasteiger partial charge in [0, 0.05) is 11.1 Å². The van der Waals surface area contributed by atoms with Gasteiger partial charge in [-0.3, -0.25) is 4.79 Å². The first-order valence-electron chi connectivity index (χ1n) is 9.88. The SMILES string of the molecule is CC(NC(=O)O)C(O[Si](C)(C)C(C)(C)C)C(=O)c1cccc(C#C[Si](C)(C)C)c1. The predicted octanol–water partition coefficient (Wildman–Crippen LogP) is 5.14. The Morgan fingerprint density at radius 1 is 1.14 bits per heavy atom. The standard InChI is InChI=1S/C22H35NO4Si2/c1-16(23-21(25)26)20(27-29(8,9)22(2,3)4)19(24)18-12-10-11-17(15-18)13-14-28(5,6)7/h10-12,15-16,20,23H,1-9H3,(H,25,26). The fourth-order valence-electron chi connectivity index (χ4n) is 2.32. The highest BCUT2D eigenvalue weighted by Crippen LogP contribution is 2.38. The zero-order chi connectivity index (χ0) is 22.6. The Balaban J connectivity index is 3.30. The number of carbonyl (C=O) groups is 2. The summed E-state index contributed by atoms with van der Waals surface area (Å²) < 4.78 is 6.37. The van der Waals surface area contributed by atoms with Gasteiger partial charge in [-0.2, -0.15) is 0 Å². The predicted molar refractivity (Wildman–Crippen MR) is 124 cm³/mol. The topological polar surface area (TPSA) is 75.6 Å². The van der Waals surface area contributed by atoms with Gasteiger partial charge in [0.05, 0.1) is 6.04 Å². The van der Waals surface area contributed by atoms with Crippen molar-refractivity contribution in [2.45, 2.75) is 77.6 Å². The maximum Gasteiger partial charge on any atom is 0.404 e. The molecule has 0 aromatic heterocycles. The van der Waals surface area contributed by atoms with E-state index in [0.29, 0.717) is 5.56 Å². The van der Waals surface area contributed by atoms with E-state index in [-0.39, 0.29) is 10.8 Å². The summed E-state index contributed by atoms with van der Waals surface area (Å²) in [5.41, 5.74) is 4.57. The van der Waals surface area contributed by atoms with Crippen LogP contribution in [0.3, 0.4) is 0 Å². The first-order chi connectivity index (χ1) is 13.0. The number of benzene rings is 1. The molecular formula is C22H35NO4Si2. The molecule has 1 aromatic carbocycles. The molecule has 29 heavy (non-hydrogen) atoms. The van der Waals surface area contributed by atoms with Crippen LogP contribution in [-0.2, 0) is 4.43 Å². The average molecular weight is 434 g/mol. The molecule has 0 bridgehead atoms. The Kier molecular flexibility index (Phi) is 8.05. The van der Waals surface area contributed by atoms with Crippen LogP contribution in [0.2, 0.25) is 37.8 Å². The molecule has 1 rings (SSSR count). The number of ketones is 1. The number of rotatable bonds is 6. The maximum absolute atomic E-state index is 13.4. The second kappa shape index (κ2) is 9.29. The number of hydrogen-bond acceptors (Lipinski definition) is 3. The van der Waals surface area contributed by atoms with Gasteiger partial charge in [-0.15, -0.1) is 5.54 Å². The van der Waals surface area contributed by atoms with Gasteiger partial charge >= 0.3 is 6.09 Å². The lowest BCUT2D eigenvalue weighted by Crippen LogP contribution is -2.53. The van der Waals surface area contributed by atoms with Crippen LogP contribution >= 0.6 is 0 Å². The van der Waals surface area contributed by atoms with E-state index in [0.717, 1.165) is 5.56 Å². The molecule has 160 valence electrons. The maximum atomic E-state index is 13.4. The molecule has 1 amide bonds. The first kappa shape index (κ1) is 25.2. The molecule has 2 N–H and O–H groups in total. The van der Waals surface area contributed by atoms with Gasteiger partial charge in [0.25, 0.3) is 0 Å². The van der Waals surface area contributed by atoms with Crippen LogP contribution in [0.5, 0.6) is 0 Å². The zero-order valence-electron chi connectivity index (χ0n) is 19.1. The van der Waals surface area contributed by atoms with E-state index in [1.54, 1.807) is 25.1 Å². The molecular weight excluding hydrogens is 398 g/mol. The molecule has 0 fully saturated rings. The lowest BCUT2D eigenvalue weighted by atomic mass is 10.00. The van der Waals surface area contributed by atoms with Gasteiger partial charge in [0.2, 0.25) is 0 Å². The number of nitrogens with one attached hydrogen (secondary N) is 1. The van der Waals surface area contributed by atoms with Crippen LogP contribution in [-0.4, -0.2) is 45.5 Å². The summed E-state index contributed by atoms with van der Waals surface area (Å²) in [6, 6.07) is 6.51. The summed E-state index contributed by atoms with van der Waals surface area (Å²) in [7, 11) is -3.84. The molecule has 0 heterocycles. The van der Waals surface area contributed by atoms with Crippen molar-refractivity contribution in [1.82, 2.24) is 5.32 Å². The smallest absolute Gasteiger partial charge is 0.404 e. The Labute approximate surface area is 177 Å². The summed E-state index contributed by atoms with van der Waals surface area (Å²) in [6.07, 6.45) is -2.07. The van der Waals surface area contributed by atoms with E-state index in [9.17, 15) is 9.59 Å². The third-order valence-corrected chi connectivity index (χ3v) is 10.4. The fourth-order valence-corrected chi connectivity index (χ4v) is 4.14. The number of amides is 1. The summed E-state index contributed by atoms with van der Waals surface area (Å²) >= 11 is 0. The van der Waals surface area contributed by atoms with Crippen LogP contribution in [0.1, 0.15) is 43.6 Å². The molecule has 2 atom stereocenters. The number of carboxylic acid groups (broad SMARTS) is 1. The van der Waals surface area contributed by atoms with E-state index < -0.39 is 34.6 Å². The van der Waals surface area contributed by atoms with Crippen LogP contribution in [0.15, 0.2) is 24.3 Å². The summed E-state index contributed by atoms with van der Waals surface area (Å²) in [5, 5.41) is 11.4. The summed E-state index contributed by atoms with van der Waals surface area (Å²) in [5.74, 6) is 2.94. The van der Waals surface area contributed by atoms with E-state index in [1.165, 1.54) is 0 Å². The Morgan fingerprint density at radius 2 is 1.72 bits per heavy atom. The Hall–Kier alpha value is -1.89. The molecule has 0 radical (unpaired) electrons. The van der Waals surface area contributed by atoms with E-state index >= 15 is 0 Å². The molecule has 2 unspecified atom stereocenters. The van der Waals surface area contributed by atoms with Crippen molar-refractivity contribution < 1.29 is 19.1 Å². The average Bonchev–Trinajstić information content (AvgIpc) is 2.55. The molecule has 0 saturated carbocycles.